The molecule has 3 amide bonds. The number of likely N-dealkylation sites (N-methyl/N-ethyl adjacent to an activating group) is 1. The van der Waals surface area contributed by atoms with Crippen molar-refractivity contribution in [2.45, 2.75) is 142 Å². The van der Waals surface area contributed by atoms with Crippen molar-refractivity contribution >= 4 is 62.0 Å². The highest BCUT2D eigenvalue weighted by molar-refractivity contribution is 6.30. The second-order valence-electron chi connectivity index (χ2n) is 28.9. The second kappa shape index (κ2) is 37.7. The summed E-state index contributed by atoms with van der Waals surface area (Å²) >= 11 is 6.06. The highest BCUT2D eigenvalue weighted by atomic mass is 35.5. The van der Waals surface area contributed by atoms with Crippen LogP contribution in [0.25, 0.3) is 32.7 Å². The highest BCUT2D eigenvalue weighted by Gasteiger charge is 2.40. The van der Waals surface area contributed by atoms with Crippen molar-refractivity contribution in [2.24, 2.45) is 5.92 Å². The molecule has 14 rings (SSSR count). The minimum atomic E-state index is -0.0718. The summed E-state index contributed by atoms with van der Waals surface area (Å²) in [6, 6.07) is 77.8. The van der Waals surface area contributed by atoms with E-state index < -0.39 is 0 Å². The summed E-state index contributed by atoms with van der Waals surface area (Å²) in [5.41, 5.74) is 15.2. The summed E-state index contributed by atoms with van der Waals surface area (Å²) in [7, 11) is 2.14. The summed E-state index contributed by atoms with van der Waals surface area (Å²) in [6.07, 6.45) is 20.0. The molecule has 542 valence electrons. The molecule has 2 bridgehead atoms. The van der Waals surface area contributed by atoms with Gasteiger partial charge in [0.25, 0.3) is 17.7 Å². The molecule has 3 unspecified atom stereocenters. The molecule has 0 radical (unpaired) electrons. The Morgan fingerprint density at radius 3 is 1.48 bits per heavy atom. The van der Waals surface area contributed by atoms with Crippen molar-refractivity contribution in [2.75, 3.05) is 39.8 Å². The Balaban J connectivity index is 0.000000149. The van der Waals surface area contributed by atoms with E-state index in [-0.39, 0.29) is 17.7 Å². The molecule has 0 saturated carbocycles. The van der Waals surface area contributed by atoms with Gasteiger partial charge in [0.15, 0.2) is 0 Å². The summed E-state index contributed by atoms with van der Waals surface area (Å²) in [4.78, 5) is 48.7. The van der Waals surface area contributed by atoms with Gasteiger partial charge in [0, 0.05) is 146 Å². The summed E-state index contributed by atoms with van der Waals surface area (Å²) in [5, 5.41) is 16.5. The first-order valence-electron chi connectivity index (χ1n) is 37.9. The Morgan fingerprint density at radius 2 is 0.962 bits per heavy atom. The van der Waals surface area contributed by atoms with Crippen molar-refractivity contribution in [3.63, 3.8) is 0 Å². The number of carbonyl (C=O) groups is 3. The van der Waals surface area contributed by atoms with Crippen LogP contribution in [0.2, 0.25) is 5.02 Å². The van der Waals surface area contributed by atoms with Gasteiger partial charge < -0.3 is 39.9 Å². The van der Waals surface area contributed by atoms with Crippen molar-refractivity contribution in [1.82, 2.24) is 49.8 Å². The number of halogens is 1. The third-order valence-corrected chi connectivity index (χ3v) is 21.2. The van der Waals surface area contributed by atoms with Gasteiger partial charge in [-0.2, -0.15) is 0 Å². The topological polar surface area (TPSA) is 133 Å². The summed E-state index contributed by atoms with van der Waals surface area (Å²) in [5.74, 6) is 1.26. The van der Waals surface area contributed by atoms with Gasteiger partial charge in [-0.1, -0.05) is 212 Å². The van der Waals surface area contributed by atoms with Crippen molar-refractivity contribution in [3.05, 3.63) is 316 Å². The number of rotatable bonds is 30. The fraction of sp³-hybridized carbons (Fsp3) is 0.319. The molecule has 2 aliphatic rings. The van der Waals surface area contributed by atoms with E-state index in [0.29, 0.717) is 36.1 Å². The molecule has 2 aliphatic heterocycles. The molecule has 12 aromatic rings. The Bertz CT molecular complexity index is 4740. The molecule has 4 aromatic heterocycles. The van der Waals surface area contributed by atoms with Crippen LogP contribution in [0.3, 0.4) is 0 Å². The van der Waals surface area contributed by atoms with E-state index in [1.165, 1.54) is 60.8 Å². The van der Waals surface area contributed by atoms with Crippen LogP contribution in [0.15, 0.2) is 249 Å². The molecule has 8 aromatic carbocycles. The number of benzene rings is 8. The van der Waals surface area contributed by atoms with Gasteiger partial charge in [0.2, 0.25) is 0 Å². The molecule has 4 N–H and O–H groups in total. The third-order valence-electron chi connectivity index (χ3n) is 21.0. The quantitative estimate of drug-likeness (QED) is 0.0330. The highest BCUT2D eigenvalue weighted by Crippen LogP contribution is 2.41. The molecule has 6 heterocycles. The number of piperidine rings is 1. The number of para-hydroxylation sites is 3. The number of carbonyl (C=O) groups excluding carboxylic acids is 3. The fourth-order valence-electron chi connectivity index (χ4n) is 15.5. The predicted octanol–water partition coefficient (Wildman–Crippen LogP) is 18.0. The van der Waals surface area contributed by atoms with Gasteiger partial charge in [-0.3, -0.25) is 24.3 Å². The van der Waals surface area contributed by atoms with Crippen LogP contribution in [-0.4, -0.2) is 98.1 Å². The van der Waals surface area contributed by atoms with E-state index in [0.717, 1.165) is 162 Å². The molecular weight excluding hydrogens is 1320 g/mol. The molecule has 3 atom stereocenters. The lowest BCUT2D eigenvalue weighted by Crippen LogP contribution is -2.43. The molecule has 14 heteroatoms. The Kier molecular flexibility index (Phi) is 26.9. The van der Waals surface area contributed by atoms with E-state index in [1.54, 1.807) is 0 Å². The number of aryl methyl sites for hydroxylation is 6. The van der Waals surface area contributed by atoms with Crippen LogP contribution in [-0.2, 0) is 52.1 Å². The molecular formula is C91H103ClN10O3. The number of nitrogens with zero attached hydrogens (tertiary/aromatic N) is 6. The minimum absolute atomic E-state index is 0.00192. The van der Waals surface area contributed by atoms with E-state index >= 15 is 0 Å². The monoisotopic (exact) mass is 1420 g/mol. The Labute approximate surface area is 626 Å². The minimum Gasteiger partial charge on any atom is -0.348 e. The number of hydrogen-bond donors (Lipinski definition) is 4. The van der Waals surface area contributed by atoms with Crippen LogP contribution >= 0.6 is 11.6 Å². The zero-order chi connectivity index (χ0) is 72.7. The lowest BCUT2D eigenvalue weighted by atomic mass is 9.86. The molecule has 105 heavy (non-hydrogen) atoms. The Morgan fingerprint density at radius 1 is 0.495 bits per heavy atom. The molecule has 2 fully saturated rings. The molecule has 0 spiro atoms. The van der Waals surface area contributed by atoms with Crippen LogP contribution < -0.4 is 21.3 Å². The first-order valence-corrected chi connectivity index (χ1v) is 38.3. The standard InChI is InChI=1S/C35H41N3O.C29H33N3O.C27H29ClN4O/c1-26-9-7-12-29(21-26)24-36-35(39)33-25-37(34-14-6-5-13-32(33)34)19-8-20-38-30-17-18-31(38)23-28(22-30)16-15-27-10-3-2-4-11-27;1-22-10-8-11-24(18-22)20-31-29(33)27-21-32(28-15-7-6-14-26(27)28)17-9-16-30-19-23(2)25-12-4-3-5-13-25;1-31(17-13-23-10-4-5-14-29-23)15-7-16-32-20-25(24-11-2-3-12-26(24)32)27(33)30-19-21-8-6-9-22(28)18-21/h2-7,9-14,21,25,28,30-31H,8,15-20,22-24H2,1H3,(H,36,39);3-8,10-15,18,21,23,30H,9,16-17,19-20H2,1-2H3,(H,31,33);2-6,8-12,14,18,20H,7,13,15-17,19H2,1H3,(H,30,33). The maximum absolute atomic E-state index is 13.2. The third kappa shape index (κ3) is 21.0. The smallest absolute Gasteiger partial charge is 0.253 e. The van der Waals surface area contributed by atoms with Crippen LogP contribution in [0.5, 0.6) is 0 Å². The first kappa shape index (κ1) is 74.8. The average molecular weight is 1420 g/mol. The first-order chi connectivity index (χ1) is 51.3. The second-order valence-corrected chi connectivity index (χ2v) is 29.3. The number of nitrogens with one attached hydrogen (secondary N) is 4. The SMILES string of the molecule is CN(CCCn1cc(C(=O)NCc2cccc(Cl)c2)c2ccccc21)CCc1ccccn1.Cc1cccc(CNC(=O)c2cn(CCCN3C4CCC3CC(CCc3ccccc3)C4)c3ccccc23)c1.Cc1cccc(CNC(=O)c2cn(CCCNCC(C)c3ccccc3)c3ccccc23)c1. The molecule has 0 aliphatic carbocycles. The van der Waals surface area contributed by atoms with E-state index in [2.05, 4.69) is 211 Å². The van der Waals surface area contributed by atoms with Gasteiger partial charge in [-0.05, 0) is 174 Å². The Hall–Kier alpha value is -9.89. The predicted molar refractivity (Wildman–Crippen MR) is 431 cm³/mol. The van der Waals surface area contributed by atoms with E-state index in [1.807, 2.05) is 116 Å². The lowest BCUT2D eigenvalue weighted by molar-refractivity contribution is 0.0944. The fourth-order valence-corrected chi connectivity index (χ4v) is 15.7. The van der Waals surface area contributed by atoms with Crippen molar-refractivity contribution in [3.8, 4) is 0 Å². The largest absolute Gasteiger partial charge is 0.348 e. The van der Waals surface area contributed by atoms with Crippen molar-refractivity contribution < 1.29 is 14.4 Å². The van der Waals surface area contributed by atoms with Crippen LogP contribution in [0.1, 0.15) is 140 Å². The van der Waals surface area contributed by atoms with Crippen molar-refractivity contribution in [1.29, 1.82) is 0 Å². The van der Waals surface area contributed by atoms with E-state index in [9.17, 15) is 14.4 Å². The van der Waals surface area contributed by atoms with Gasteiger partial charge in [-0.25, -0.2) is 0 Å². The number of fused-ring (bicyclic) bond motifs is 5. The normalized spacial score (nSPS) is 15.1. The summed E-state index contributed by atoms with van der Waals surface area (Å²) in [6.45, 7) is 15.6. The van der Waals surface area contributed by atoms with Gasteiger partial charge in [-0.15, -0.1) is 0 Å². The van der Waals surface area contributed by atoms with Crippen LogP contribution in [0.4, 0.5) is 0 Å². The van der Waals surface area contributed by atoms with Gasteiger partial charge >= 0.3 is 0 Å². The number of aromatic nitrogens is 4. The number of amides is 3. The van der Waals surface area contributed by atoms with Gasteiger partial charge in [0.05, 0.1) is 16.7 Å². The zero-order valence-electron chi connectivity index (χ0n) is 61.6. The average Bonchev–Trinajstić information content (AvgIpc) is 1.66. The number of pyridine rings is 1. The van der Waals surface area contributed by atoms with Gasteiger partial charge in [0.1, 0.15) is 0 Å². The molecule has 2 saturated heterocycles. The number of hydrogen-bond acceptors (Lipinski definition) is 7. The maximum atomic E-state index is 13.2. The van der Waals surface area contributed by atoms with Crippen LogP contribution in [0, 0.1) is 19.8 Å². The maximum Gasteiger partial charge on any atom is 0.253 e. The lowest BCUT2D eigenvalue weighted by Gasteiger charge is -2.39. The summed E-state index contributed by atoms with van der Waals surface area (Å²) < 4.78 is 6.70. The molecule has 13 nitrogen and oxygen atoms in total. The van der Waals surface area contributed by atoms with E-state index in [4.69, 9.17) is 11.6 Å². The zero-order valence-corrected chi connectivity index (χ0v) is 62.4.